The molecule has 2 unspecified atom stereocenters. The van der Waals surface area contributed by atoms with E-state index in [1.165, 1.54) is 34.6 Å². The van der Waals surface area contributed by atoms with Crippen molar-refractivity contribution in [1.29, 1.82) is 0 Å². The van der Waals surface area contributed by atoms with Gasteiger partial charge in [-0.25, -0.2) is 9.59 Å². The van der Waals surface area contributed by atoms with Crippen molar-refractivity contribution in [2.75, 3.05) is 18.8 Å². The summed E-state index contributed by atoms with van der Waals surface area (Å²) in [7, 11) is 2.67. The van der Waals surface area contributed by atoms with Crippen molar-refractivity contribution >= 4 is 56.8 Å². The fourth-order valence-electron chi connectivity index (χ4n) is 3.94. The molecular formula is C23H27ClN2O6S2. The molecule has 11 heteroatoms. The molecule has 0 aromatic heterocycles. The molecule has 8 nitrogen and oxygen atoms in total. The van der Waals surface area contributed by atoms with Crippen LogP contribution in [0.15, 0.2) is 35.9 Å². The molecule has 1 saturated heterocycles. The lowest BCUT2D eigenvalue weighted by Gasteiger charge is -2.38. The lowest BCUT2D eigenvalue weighted by atomic mass is 9.94. The van der Waals surface area contributed by atoms with E-state index in [1.54, 1.807) is 6.07 Å². The number of piperidine rings is 1. The van der Waals surface area contributed by atoms with Gasteiger partial charge in [-0.2, -0.15) is 0 Å². The quantitative estimate of drug-likeness (QED) is 0.294. The van der Waals surface area contributed by atoms with Gasteiger partial charge in [-0.3, -0.25) is 14.5 Å². The van der Waals surface area contributed by atoms with E-state index in [1.807, 2.05) is 23.1 Å². The molecule has 1 amide bonds. The van der Waals surface area contributed by atoms with Gasteiger partial charge in [0.2, 0.25) is 5.91 Å². The molecule has 1 aromatic rings. The predicted octanol–water partition coefficient (Wildman–Crippen LogP) is 3.42. The van der Waals surface area contributed by atoms with Gasteiger partial charge in [0.1, 0.15) is 6.04 Å². The van der Waals surface area contributed by atoms with Crippen LogP contribution in [-0.2, 0) is 19.2 Å². The van der Waals surface area contributed by atoms with Gasteiger partial charge in [-0.15, -0.1) is 0 Å². The third kappa shape index (κ3) is 7.24. The average molecular weight is 527 g/mol. The molecule has 0 radical (unpaired) electrons. The number of halogens is 1. The lowest BCUT2D eigenvalue weighted by molar-refractivity contribution is -0.140. The van der Waals surface area contributed by atoms with Crippen LogP contribution >= 0.6 is 33.2 Å². The second-order valence-corrected chi connectivity index (χ2v) is 11.4. The number of likely N-dealkylation sites (tertiary alicyclic amines) is 1. The minimum Gasteiger partial charge on any atom is -0.480 e. The van der Waals surface area contributed by atoms with Crippen LogP contribution in [0.25, 0.3) is 0 Å². The van der Waals surface area contributed by atoms with E-state index in [-0.39, 0.29) is 22.7 Å². The summed E-state index contributed by atoms with van der Waals surface area (Å²) in [5.41, 5.74) is 1.39. The Morgan fingerprint density at radius 2 is 1.91 bits per heavy atom. The van der Waals surface area contributed by atoms with Gasteiger partial charge in [-0.1, -0.05) is 51.4 Å². The van der Waals surface area contributed by atoms with Crippen LogP contribution in [0.3, 0.4) is 0 Å². The number of carbonyl (C=O) groups excluding carboxylic acids is 2. The Balaban J connectivity index is 1.74. The number of benzene rings is 1. The highest BCUT2D eigenvalue weighted by Crippen LogP contribution is 2.42. The van der Waals surface area contributed by atoms with Gasteiger partial charge in [-0.05, 0) is 36.5 Å². The molecule has 34 heavy (non-hydrogen) atoms. The minimum absolute atomic E-state index is 0.0116. The van der Waals surface area contributed by atoms with E-state index in [9.17, 15) is 29.4 Å². The summed E-state index contributed by atoms with van der Waals surface area (Å²) in [6.45, 7) is 2.13. The monoisotopic (exact) mass is 526 g/mol. The third-order valence-corrected chi connectivity index (χ3v) is 8.93. The first kappa shape index (κ1) is 26.6. The van der Waals surface area contributed by atoms with Crippen molar-refractivity contribution in [2.45, 2.75) is 43.5 Å². The maximum absolute atomic E-state index is 13.2. The number of carbonyl (C=O) groups is 4. The summed E-state index contributed by atoms with van der Waals surface area (Å²) in [5.74, 6) is -2.36. The number of ketones is 1. The normalized spacial score (nSPS) is 21.6. The molecule has 3 N–H and O–H groups in total. The summed E-state index contributed by atoms with van der Waals surface area (Å²) >= 11 is 6.44. The molecule has 2 aliphatic rings. The van der Waals surface area contributed by atoms with E-state index in [2.05, 4.69) is 5.32 Å². The maximum Gasteiger partial charge on any atom is 0.328 e. The van der Waals surface area contributed by atoms with E-state index < -0.39 is 29.9 Å². The molecule has 0 bridgehead atoms. The Hall–Kier alpha value is -2.01. The zero-order chi connectivity index (χ0) is 24.8. The van der Waals surface area contributed by atoms with E-state index >= 15 is 0 Å². The van der Waals surface area contributed by atoms with E-state index in [0.717, 1.165) is 18.4 Å². The molecule has 1 aliphatic heterocycles. The van der Waals surface area contributed by atoms with Gasteiger partial charge >= 0.3 is 11.9 Å². The Bertz CT molecular complexity index is 984. The first-order valence-corrected chi connectivity index (χ1v) is 13.7. The molecule has 3 rings (SSSR count). The van der Waals surface area contributed by atoms with Gasteiger partial charge in [0.25, 0.3) is 0 Å². The van der Waals surface area contributed by atoms with E-state index in [0.29, 0.717) is 30.1 Å². The van der Waals surface area contributed by atoms with Crippen LogP contribution in [-0.4, -0.2) is 68.9 Å². The number of hydrogen-bond donors (Lipinski definition) is 3. The first-order valence-electron chi connectivity index (χ1n) is 10.9. The number of carboxylic acids is 2. The van der Waals surface area contributed by atoms with Crippen molar-refractivity contribution in [3.8, 4) is 0 Å². The van der Waals surface area contributed by atoms with Gasteiger partial charge < -0.3 is 15.5 Å². The number of carboxylic acid groups (broad SMARTS) is 2. The number of aliphatic carboxylic acids is 2. The van der Waals surface area contributed by atoms with Crippen LogP contribution in [0, 0.1) is 5.92 Å². The molecule has 0 spiro atoms. The Morgan fingerprint density at radius 3 is 2.50 bits per heavy atom. The summed E-state index contributed by atoms with van der Waals surface area (Å²) in [6, 6.07) is 5.70. The lowest BCUT2D eigenvalue weighted by Crippen LogP contribution is -2.43. The van der Waals surface area contributed by atoms with Crippen molar-refractivity contribution in [3.63, 3.8) is 0 Å². The maximum atomic E-state index is 13.2. The molecule has 184 valence electrons. The number of nitrogens with zero attached hydrogens (tertiary/aromatic N) is 1. The number of Topliss-reactive ketones (excluding diaryl/α,β-unsaturated/α-hetero) is 1. The highest BCUT2D eigenvalue weighted by molar-refractivity contribution is 8.77. The first-order chi connectivity index (χ1) is 16.2. The fourth-order valence-corrected chi connectivity index (χ4v) is 7.05. The van der Waals surface area contributed by atoms with Crippen molar-refractivity contribution in [2.24, 2.45) is 5.92 Å². The summed E-state index contributed by atoms with van der Waals surface area (Å²) in [5, 5.41) is 21.5. The van der Waals surface area contributed by atoms with E-state index in [4.69, 9.17) is 11.6 Å². The number of rotatable bonds is 11. The smallest absolute Gasteiger partial charge is 0.328 e. The van der Waals surface area contributed by atoms with Crippen molar-refractivity contribution < 1.29 is 29.4 Å². The Kier molecular flexibility index (Phi) is 9.47. The molecule has 1 saturated carbocycles. The van der Waals surface area contributed by atoms with Gasteiger partial charge in [0.05, 0.1) is 6.04 Å². The summed E-state index contributed by atoms with van der Waals surface area (Å²) in [4.78, 5) is 49.4. The molecule has 3 atom stereocenters. The molecule has 1 heterocycles. The molecule has 1 aromatic carbocycles. The molecular weight excluding hydrogens is 500 g/mol. The van der Waals surface area contributed by atoms with Crippen LogP contribution in [0.5, 0.6) is 0 Å². The van der Waals surface area contributed by atoms with Crippen LogP contribution in [0.4, 0.5) is 0 Å². The zero-order valence-electron chi connectivity index (χ0n) is 18.6. The zero-order valence-corrected chi connectivity index (χ0v) is 21.0. The predicted molar refractivity (Wildman–Crippen MR) is 133 cm³/mol. The Labute approximate surface area is 210 Å². The second-order valence-electron chi connectivity index (χ2n) is 8.38. The largest absolute Gasteiger partial charge is 0.480 e. The topological polar surface area (TPSA) is 124 Å². The van der Waals surface area contributed by atoms with Gasteiger partial charge in [0, 0.05) is 48.0 Å². The molecule has 2 fully saturated rings. The average Bonchev–Trinajstić information content (AvgIpc) is 3.60. The summed E-state index contributed by atoms with van der Waals surface area (Å²) in [6.07, 6.45) is 3.49. The highest BCUT2D eigenvalue weighted by atomic mass is 35.5. The Morgan fingerprint density at radius 1 is 1.21 bits per heavy atom. The minimum atomic E-state index is -1.12. The number of nitrogens with one attached hydrogen (secondary N) is 1. The van der Waals surface area contributed by atoms with Gasteiger partial charge in [0.15, 0.2) is 5.78 Å². The standard InChI is InChI=1S/C23H27ClN2O6S2/c1-13(27)25-18(23(31)32)12-33-34-19-8-9-26(11-15(19)10-20(28)29)21(22(30)14-6-7-14)16-4-2-3-5-17(16)24/h2-5,10,14,18-19,21H,6-9,11-12H2,1H3,(H,25,27)(H,28,29)(H,31,32)/b15-10-/t18-,19?,21?/m0/s1. The third-order valence-electron chi connectivity index (χ3n) is 5.70. The highest BCUT2D eigenvalue weighted by Gasteiger charge is 2.41. The van der Waals surface area contributed by atoms with Crippen molar-refractivity contribution in [3.05, 3.63) is 46.5 Å². The van der Waals surface area contributed by atoms with Crippen LogP contribution < -0.4 is 5.32 Å². The van der Waals surface area contributed by atoms with Crippen LogP contribution in [0.1, 0.15) is 37.8 Å². The second kappa shape index (κ2) is 12.1. The van der Waals surface area contributed by atoms with Crippen LogP contribution in [0.2, 0.25) is 5.02 Å². The fraction of sp³-hybridized carbons (Fsp3) is 0.478. The number of hydrogen-bond acceptors (Lipinski definition) is 7. The SMILES string of the molecule is CC(=O)N[C@@H](CSSC1CCN(C(C(=O)C2CC2)c2ccccc2Cl)C/C1=C/C(=O)O)C(=O)O. The molecule has 1 aliphatic carbocycles. The summed E-state index contributed by atoms with van der Waals surface area (Å²) < 4.78 is 0. The number of amides is 1. The van der Waals surface area contributed by atoms with Crippen molar-refractivity contribution in [1.82, 2.24) is 10.2 Å².